The molecule has 1 atom stereocenters. The maximum atomic E-state index is 10.6. The van der Waals surface area contributed by atoms with Crippen LogP contribution >= 0.6 is 0 Å². The number of hydrogen-bond acceptors (Lipinski definition) is 2. The topological polar surface area (TPSA) is 40.5 Å². The summed E-state index contributed by atoms with van der Waals surface area (Å²) in [7, 11) is 0. The third kappa shape index (κ3) is 2.53. The molecule has 0 heterocycles. The highest BCUT2D eigenvalue weighted by molar-refractivity contribution is 5.29. The highest BCUT2D eigenvalue weighted by atomic mass is 16.3. The zero-order valence-electron chi connectivity index (χ0n) is 10.7. The summed E-state index contributed by atoms with van der Waals surface area (Å²) in [5.41, 5.74) is 0.982. The summed E-state index contributed by atoms with van der Waals surface area (Å²) in [6, 6.07) is 7.77. The first-order chi connectivity index (χ1) is 8.03. The summed E-state index contributed by atoms with van der Waals surface area (Å²) < 4.78 is 0. The Hall–Kier alpha value is -0.860. The van der Waals surface area contributed by atoms with Crippen LogP contribution in [0.1, 0.15) is 49.8 Å². The largest absolute Gasteiger partial charge is 0.387 e. The highest BCUT2D eigenvalue weighted by Gasteiger charge is 2.39. The second-order valence-electron chi connectivity index (χ2n) is 5.55. The van der Waals surface area contributed by atoms with Gasteiger partial charge in [-0.1, -0.05) is 31.2 Å². The van der Waals surface area contributed by atoms with Crippen molar-refractivity contribution in [2.45, 2.75) is 51.2 Å². The third-order valence-corrected chi connectivity index (χ3v) is 4.13. The van der Waals surface area contributed by atoms with Crippen LogP contribution in [0.2, 0.25) is 0 Å². The van der Waals surface area contributed by atoms with Crippen LogP contribution in [-0.2, 0) is 0 Å². The van der Waals surface area contributed by atoms with Gasteiger partial charge < -0.3 is 10.2 Å². The summed E-state index contributed by atoms with van der Waals surface area (Å²) in [5, 5.41) is 21.0. The summed E-state index contributed by atoms with van der Waals surface area (Å²) >= 11 is 0. The zero-order chi connectivity index (χ0) is 12.5. The van der Waals surface area contributed by atoms with Gasteiger partial charge >= 0.3 is 0 Å². The first-order valence-electron chi connectivity index (χ1n) is 6.49. The Morgan fingerprint density at radius 1 is 1.24 bits per heavy atom. The second-order valence-corrected chi connectivity index (χ2v) is 5.55. The number of benzene rings is 1. The van der Waals surface area contributed by atoms with Crippen molar-refractivity contribution in [3.8, 4) is 0 Å². The first kappa shape index (κ1) is 12.6. The average molecular weight is 234 g/mol. The lowest BCUT2D eigenvalue weighted by molar-refractivity contribution is -0.105. The van der Waals surface area contributed by atoms with Crippen LogP contribution in [0.4, 0.5) is 0 Å². The molecule has 1 aromatic carbocycles. The average Bonchev–Trinajstić information content (AvgIpc) is 2.33. The molecule has 0 amide bonds. The molecule has 2 heteroatoms. The molecule has 0 aliphatic heterocycles. The van der Waals surface area contributed by atoms with E-state index in [-0.39, 0.29) is 0 Å². The van der Waals surface area contributed by atoms with Crippen LogP contribution in [0.5, 0.6) is 0 Å². The zero-order valence-corrected chi connectivity index (χ0v) is 10.7. The first-order valence-corrected chi connectivity index (χ1v) is 6.49. The fourth-order valence-corrected chi connectivity index (χ4v) is 2.72. The van der Waals surface area contributed by atoms with E-state index in [1.807, 2.05) is 31.2 Å². The monoisotopic (exact) mass is 234 g/mol. The predicted molar refractivity (Wildman–Crippen MR) is 68.7 cm³/mol. The molecule has 17 heavy (non-hydrogen) atoms. The second kappa shape index (κ2) is 4.79. The number of aliphatic hydroxyl groups is 2. The van der Waals surface area contributed by atoms with Gasteiger partial charge in [-0.15, -0.1) is 0 Å². The molecule has 1 unspecified atom stereocenters. The molecule has 1 saturated carbocycles. The molecule has 94 valence electrons. The van der Waals surface area contributed by atoms with Gasteiger partial charge in [-0.3, -0.25) is 0 Å². The van der Waals surface area contributed by atoms with E-state index in [0.717, 1.165) is 24.0 Å². The highest BCUT2D eigenvalue weighted by Crippen LogP contribution is 2.40. The van der Waals surface area contributed by atoms with Gasteiger partial charge in [0.05, 0.1) is 5.60 Å². The molecular formula is C15H22O2. The fourth-order valence-electron chi connectivity index (χ4n) is 2.72. The van der Waals surface area contributed by atoms with Crippen LogP contribution < -0.4 is 0 Å². The Morgan fingerprint density at radius 2 is 1.82 bits per heavy atom. The van der Waals surface area contributed by atoms with Crippen molar-refractivity contribution in [1.82, 2.24) is 0 Å². The summed E-state index contributed by atoms with van der Waals surface area (Å²) in [6.45, 7) is 4.19. The van der Waals surface area contributed by atoms with E-state index in [1.54, 1.807) is 0 Å². The van der Waals surface area contributed by atoms with Crippen molar-refractivity contribution in [3.05, 3.63) is 35.4 Å². The van der Waals surface area contributed by atoms with Crippen molar-refractivity contribution in [2.75, 3.05) is 0 Å². The molecule has 0 aromatic heterocycles. The molecule has 1 fully saturated rings. The van der Waals surface area contributed by atoms with Crippen LogP contribution in [0.3, 0.4) is 0 Å². The Bertz CT molecular complexity index is 378. The van der Waals surface area contributed by atoms with Gasteiger partial charge in [-0.05, 0) is 49.7 Å². The Morgan fingerprint density at radius 3 is 2.41 bits per heavy atom. The number of rotatable bonds is 2. The van der Waals surface area contributed by atoms with E-state index in [0.29, 0.717) is 18.8 Å². The molecule has 0 spiro atoms. The van der Waals surface area contributed by atoms with Gasteiger partial charge in [0.2, 0.25) is 0 Å². The molecule has 1 aromatic rings. The van der Waals surface area contributed by atoms with Gasteiger partial charge in [0.25, 0.3) is 0 Å². The molecule has 2 N–H and O–H groups in total. The van der Waals surface area contributed by atoms with Crippen LogP contribution in [-0.4, -0.2) is 15.8 Å². The summed E-state index contributed by atoms with van der Waals surface area (Å²) in [5.74, 6) is 0.666. The van der Waals surface area contributed by atoms with Crippen molar-refractivity contribution in [1.29, 1.82) is 0 Å². The van der Waals surface area contributed by atoms with E-state index in [2.05, 4.69) is 6.92 Å². The van der Waals surface area contributed by atoms with Crippen molar-refractivity contribution >= 4 is 0 Å². The Balaban J connectivity index is 2.20. The third-order valence-electron chi connectivity index (χ3n) is 4.13. The normalized spacial score (nSPS) is 31.2. The van der Waals surface area contributed by atoms with Crippen molar-refractivity contribution < 1.29 is 10.2 Å². The Labute approximate surface area is 103 Å². The van der Waals surface area contributed by atoms with Crippen LogP contribution in [0, 0.1) is 12.8 Å². The maximum Gasteiger partial charge on any atom is 0.108 e. The van der Waals surface area contributed by atoms with E-state index in [1.165, 1.54) is 0 Å². The predicted octanol–water partition coefficient (Wildman–Crippen LogP) is 2.97. The number of aliphatic hydroxyl groups excluding tert-OH is 1. The van der Waals surface area contributed by atoms with Gasteiger partial charge in [0, 0.05) is 0 Å². The van der Waals surface area contributed by atoms with E-state index in [9.17, 15) is 10.2 Å². The quantitative estimate of drug-likeness (QED) is 0.826. The molecule has 0 saturated heterocycles. The number of hydrogen-bond donors (Lipinski definition) is 2. The summed E-state index contributed by atoms with van der Waals surface area (Å²) in [6.07, 6.45) is 2.64. The molecular weight excluding hydrogens is 212 g/mol. The van der Waals surface area contributed by atoms with Crippen molar-refractivity contribution in [2.24, 2.45) is 5.92 Å². The standard InChI is InChI=1S/C15H22O2/c1-11-7-9-15(17,10-8-11)14(16)13-6-4-3-5-12(13)2/h3-6,11,14,16-17H,7-10H2,1-2H3. The molecule has 0 radical (unpaired) electrons. The molecule has 1 aliphatic rings. The molecule has 1 aliphatic carbocycles. The van der Waals surface area contributed by atoms with Gasteiger partial charge in [0.15, 0.2) is 0 Å². The fraction of sp³-hybridized carbons (Fsp3) is 0.600. The van der Waals surface area contributed by atoms with Gasteiger partial charge in [-0.2, -0.15) is 0 Å². The number of aryl methyl sites for hydroxylation is 1. The SMILES string of the molecule is Cc1ccccc1C(O)C1(O)CCC(C)CC1. The minimum absolute atomic E-state index is 0.666. The van der Waals surface area contributed by atoms with Crippen LogP contribution in [0.15, 0.2) is 24.3 Å². The van der Waals surface area contributed by atoms with Gasteiger partial charge in [-0.25, -0.2) is 0 Å². The molecule has 2 rings (SSSR count). The minimum atomic E-state index is -0.932. The minimum Gasteiger partial charge on any atom is -0.387 e. The van der Waals surface area contributed by atoms with E-state index >= 15 is 0 Å². The van der Waals surface area contributed by atoms with E-state index < -0.39 is 11.7 Å². The lowest BCUT2D eigenvalue weighted by Crippen LogP contribution is -2.40. The van der Waals surface area contributed by atoms with Crippen molar-refractivity contribution in [3.63, 3.8) is 0 Å². The lowest BCUT2D eigenvalue weighted by Gasteiger charge is -2.39. The smallest absolute Gasteiger partial charge is 0.108 e. The van der Waals surface area contributed by atoms with E-state index in [4.69, 9.17) is 0 Å². The van der Waals surface area contributed by atoms with Crippen LogP contribution in [0.25, 0.3) is 0 Å². The maximum absolute atomic E-state index is 10.6. The molecule has 0 bridgehead atoms. The summed E-state index contributed by atoms with van der Waals surface area (Å²) in [4.78, 5) is 0. The lowest BCUT2D eigenvalue weighted by atomic mass is 9.74. The van der Waals surface area contributed by atoms with Gasteiger partial charge in [0.1, 0.15) is 6.10 Å². The Kier molecular flexibility index (Phi) is 3.55. The molecule has 2 nitrogen and oxygen atoms in total.